The molecule has 0 unspecified atom stereocenters. The van der Waals surface area contributed by atoms with E-state index in [1.165, 1.54) is 11.3 Å². The number of rotatable bonds is 6. The van der Waals surface area contributed by atoms with Crippen LogP contribution in [0.15, 0.2) is 22.0 Å². The monoisotopic (exact) mass is 319 g/mol. The van der Waals surface area contributed by atoms with E-state index in [0.29, 0.717) is 12.4 Å². The van der Waals surface area contributed by atoms with Crippen LogP contribution in [-0.2, 0) is 13.0 Å². The molecule has 22 heavy (non-hydrogen) atoms. The first-order chi connectivity index (χ1) is 10.8. The number of ketones is 1. The molecule has 2 aromatic heterocycles. The second-order valence-electron chi connectivity index (χ2n) is 5.77. The van der Waals surface area contributed by atoms with E-state index in [-0.39, 0.29) is 11.7 Å². The van der Waals surface area contributed by atoms with Crippen molar-refractivity contribution in [2.24, 2.45) is 5.92 Å². The van der Waals surface area contributed by atoms with Gasteiger partial charge in [0.25, 0.3) is 0 Å². The number of piperidine rings is 1. The molecular formula is C16H21N3O2S. The molecule has 0 radical (unpaired) electrons. The number of carbonyl (C=O) groups excluding carboxylic acids is 1. The smallest absolute Gasteiger partial charge is 0.240 e. The summed E-state index contributed by atoms with van der Waals surface area (Å²) in [6, 6.07) is 3.85. The molecule has 1 fully saturated rings. The number of aromatic nitrogens is 2. The summed E-state index contributed by atoms with van der Waals surface area (Å²) in [7, 11) is 0. The Kier molecular flexibility index (Phi) is 5.00. The number of hydrogen-bond acceptors (Lipinski definition) is 6. The predicted octanol–water partition coefficient (Wildman–Crippen LogP) is 3.18. The zero-order valence-corrected chi connectivity index (χ0v) is 13.6. The zero-order valence-electron chi connectivity index (χ0n) is 12.8. The minimum Gasteiger partial charge on any atom is -0.338 e. The molecule has 0 amide bonds. The standard InChI is InChI=1S/C16H21N3O2S/c1-2-5-14-17-15(21-18-14)11-19-8-3-6-12(10-19)16(20)13-7-4-9-22-13/h4,7,9,12H,2-3,5-6,8,10-11H2,1H3/t12-/m0/s1. The highest BCUT2D eigenvalue weighted by molar-refractivity contribution is 7.12. The summed E-state index contributed by atoms with van der Waals surface area (Å²) in [5.74, 6) is 1.80. The highest BCUT2D eigenvalue weighted by atomic mass is 32.1. The summed E-state index contributed by atoms with van der Waals surface area (Å²) in [5.41, 5.74) is 0. The maximum absolute atomic E-state index is 12.5. The topological polar surface area (TPSA) is 59.2 Å². The average Bonchev–Trinajstić information content (AvgIpc) is 3.19. The van der Waals surface area contributed by atoms with Gasteiger partial charge in [-0.25, -0.2) is 0 Å². The molecule has 0 saturated carbocycles. The second kappa shape index (κ2) is 7.15. The summed E-state index contributed by atoms with van der Waals surface area (Å²) in [4.78, 5) is 20.0. The van der Waals surface area contributed by atoms with Gasteiger partial charge in [-0.05, 0) is 37.3 Å². The van der Waals surface area contributed by atoms with Crippen LogP contribution in [0.1, 0.15) is 47.6 Å². The highest BCUT2D eigenvalue weighted by Crippen LogP contribution is 2.24. The van der Waals surface area contributed by atoms with Crippen molar-refractivity contribution in [3.05, 3.63) is 34.1 Å². The average molecular weight is 319 g/mol. The lowest BCUT2D eigenvalue weighted by Gasteiger charge is -2.30. The lowest BCUT2D eigenvalue weighted by Crippen LogP contribution is -2.38. The fourth-order valence-electron chi connectivity index (χ4n) is 2.90. The largest absolute Gasteiger partial charge is 0.338 e. The number of nitrogens with zero attached hydrogens (tertiary/aromatic N) is 3. The van der Waals surface area contributed by atoms with Gasteiger partial charge in [0.15, 0.2) is 11.6 Å². The van der Waals surface area contributed by atoms with E-state index < -0.39 is 0 Å². The van der Waals surface area contributed by atoms with Gasteiger partial charge in [-0.2, -0.15) is 4.98 Å². The Balaban J connectivity index is 1.59. The lowest BCUT2D eigenvalue weighted by molar-refractivity contribution is 0.0801. The molecule has 1 atom stereocenters. The van der Waals surface area contributed by atoms with Crippen LogP contribution in [0, 0.1) is 5.92 Å². The van der Waals surface area contributed by atoms with Gasteiger partial charge in [-0.15, -0.1) is 11.3 Å². The minimum absolute atomic E-state index is 0.0884. The molecule has 0 aromatic carbocycles. The SMILES string of the molecule is CCCc1noc(CN2CCC[C@H](C(=O)c3cccs3)C2)n1. The Morgan fingerprint density at radius 2 is 2.45 bits per heavy atom. The number of aryl methyl sites for hydroxylation is 1. The van der Waals surface area contributed by atoms with Crippen LogP contribution in [0.3, 0.4) is 0 Å². The molecule has 0 N–H and O–H groups in total. The van der Waals surface area contributed by atoms with E-state index in [1.54, 1.807) is 0 Å². The van der Waals surface area contributed by atoms with Crippen molar-refractivity contribution in [1.29, 1.82) is 0 Å². The molecule has 118 valence electrons. The van der Waals surface area contributed by atoms with Gasteiger partial charge in [0.1, 0.15) is 0 Å². The fraction of sp³-hybridized carbons (Fsp3) is 0.562. The maximum Gasteiger partial charge on any atom is 0.240 e. The number of thiophene rings is 1. The van der Waals surface area contributed by atoms with Crippen LogP contribution < -0.4 is 0 Å². The Morgan fingerprint density at radius 1 is 1.55 bits per heavy atom. The molecule has 1 aliphatic heterocycles. The molecule has 1 saturated heterocycles. The summed E-state index contributed by atoms with van der Waals surface area (Å²) in [6.45, 7) is 4.51. The Morgan fingerprint density at radius 3 is 3.23 bits per heavy atom. The molecule has 0 aliphatic carbocycles. The van der Waals surface area contributed by atoms with Crippen molar-refractivity contribution in [2.75, 3.05) is 13.1 Å². The van der Waals surface area contributed by atoms with E-state index in [1.807, 2.05) is 17.5 Å². The fourth-order valence-corrected chi connectivity index (χ4v) is 3.65. The van der Waals surface area contributed by atoms with Crippen LogP contribution >= 0.6 is 11.3 Å². The van der Waals surface area contributed by atoms with Gasteiger partial charge in [0, 0.05) is 18.9 Å². The van der Waals surface area contributed by atoms with Crippen molar-refractivity contribution in [1.82, 2.24) is 15.0 Å². The Hall–Kier alpha value is -1.53. The summed E-state index contributed by atoms with van der Waals surface area (Å²) < 4.78 is 5.30. The van der Waals surface area contributed by atoms with Gasteiger partial charge >= 0.3 is 0 Å². The quantitative estimate of drug-likeness (QED) is 0.765. The van der Waals surface area contributed by atoms with Crippen LogP contribution in [0.2, 0.25) is 0 Å². The first-order valence-corrected chi connectivity index (χ1v) is 8.75. The molecule has 2 aromatic rings. The third-order valence-electron chi connectivity index (χ3n) is 3.98. The Labute approximate surface area is 134 Å². The van der Waals surface area contributed by atoms with E-state index in [9.17, 15) is 4.79 Å². The number of Topliss-reactive ketones (excluding diaryl/α,β-unsaturated/α-hetero) is 1. The third kappa shape index (κ3) is 3.62. The molecule has 1 aliphatic rings. The van der Waals surface area contributed by atoms with Crippen molar-refractivity contribution in [2.45, 2.75) is 39.2 Å². The first kappa shape index (κ1) is 15.4. The lowest BCUT2D eigenvalue weighted by atomic mass is 9.93. The molecule has 0 spiro atoms. The van der Waals surface area contributed by atoms with E-state index in [0.717, 1.165) is 49.5 Å². The number of hydrogen-bond donors (Lipinski definition) is 0. The third-order valence-corrected chi connectivity index (χ3v) is 4.87. The van der Waals surface area contributed by atoms with Crippen molar-refractivity contribution in [3.63, 3.8) is 0 Å². The van der Waals surface area contributed by atoms with Gasteiger partial charge in [-0.1, -0.05) is 18.1 Å². The van der Waals surface area contributed by atoms with E-state index >= 15 is 0 Å². The zero-order chi connectivity index (χ0) is 15.4. The predicted molar refractivity (Wildman–Crippen MR) is 84.9 cm³/mol. The molecule has 0 bridgehead atoms. The summed E-state index contributed by atoms with van der Waals surface area (Å²) >= 11 is 1.53. The maximum atomic E-state index is 12.5. The molecule has 6 heteroatoms. The van der Waals surface area contributed by atoms with Crippen molar-refractivity contribution >= 4 is 17.1 Å². The molecular weight excluding hydrogens is 298 g/mol. The molecule has 3 heterocycles. The number of likely N-dealkylation sites (tertiary alicyclic amines) is 1. The molecule has 3 rings (SSSR count). The Bertz CT molecular complexity index is 609. The van der Waals surface area contributed by atoms with Crippen LogP contribution in [0.5, 0.6) is 0 Å². The van der Waals surface area contributed by atoms with E-state index in [2.05, 4.69) is 22.0 Å². The van der Waals surface area contributed by atoms with Crippen molar-refractivity contribution in [3.8, 4) is 0 Å². The van der Waals surface area contributed by atoms with Crippen molar-refractivity contribution < 1.29 is 9.32 Å². The van der Waals surface area contributed by atoms with Crippen LogP contribution in [-0.4, -0.2) is 33.9 Å². The minimum atomic E-state index is 0.0884. The van der Waals surface area contributed by atoms with Gasteiger partial charge < -0.3 is 4.52 Å². The highest BCUT2D eigenvalue weighted by Gasteiger charge is 2.27. The summed E-state index contributed by atoms with van der Waals surface area (Å²) in [5, 5.41) is 5.95. The van der Waals surface area contributed by atoms with Gasteiger partial charge in [-0.3, -0.25) is 9.69 Å². The van der Waals surface area contributed by atoms with Gasteiger partial charge in [0.05, 0.1) is 11.4 Å². The van der Waals surface area contributed by atoms with Gasteiger partial charge in [0.2, 0.25) is 5.89 Å². The second-order valence-corrected chi connectivity index (χ2v) is 6.72. The summed E-state index contributed by atoms with van der Waals surface area (Å²) in [6.07, 6.45) is 3.87. The normalized spacial score (nSPS) is 19.4. The van der Waals surface area contributed by atoms with E-state index in [4.69, 9.17) is 4.52 Å². The number of carbonyl (C=O) groups is 1. The van der Waals surface area contributed by atoms with Crippen LogP contribution in [0.4, 0.5) is 0 Å². The molecule has 5 nitrogen and oxygen atoms in total. The first-order valence-electron chi connectivity index (χ1n) is 7.87. The van der Waals surface area contributed by atoms with Crippen LogP contribution in [0.25, 0.3) is 0 Å².